The van der Waals surface area contributed by atoms with Crippen LogP contribution in [0.2, 0.25) is 0 Å². The molecule has 3 heterocycles. The molecule has 2 bridgehead atoms. The van der Waals surface area contributed by atoms with E-state index in [1.165, 1.54) is 4.31 Å². The molecule has 3 saturated heterocycles. The maximum atomic E-state index is 13.0. The molecule has 3 aliphatic heterocycles. The molecule has 0 aromatic carbocycles. The Hall–Kier alpha value is -0.660. The van der Waals surface area contributed by atoms with Crippen LogP contribution in [-0.2, 0) is 14.8 Å². The smallest absolute Gasteiger partial charge is 0.227 e. The minimum atomic E-state index is -3.22. The van der Waals surface area contributed by atoms with Crippen molar-refractivity contribution in [2.24, 2.45) is 17.8 Å². The zero-order valence-corrected chi connectivity index (χ0v) is 14.7. The average molecular weight is 344 g/mol. The summed E-state index contributed by atoms with van der Waals surface area (Å²) in [4.78, 5) is 15.0. The summed E-state index contributed by atoms with van der Waals surface area (Å²) in [7, 11) is -3.22. The van der Waals surface area contributed by atoms with Crippen LogP contribution in [0.5, 0.6) is 0 Å². The fourth-order valence-corrected chi connectivity index (χ4v) is 5.78. The Balaban J connectivity index is 1.70. The SMILES string of the molecule is CCS(=O)(=O)N1CCCC(C(=O)N2CC3CCC2C(CO)C3)C1. The summed E-state index contributed by atoms with van der Waals surface area (Å²) >= 11 is 0. The van der Waals surface area contributed by atoms with Crippen molar-refractivity contribution in [3.8, 4) is 0 Å². The largest absolute Gasteiger partial charge is 0.396 e. The molecule has 4 atom stereocenters. The van der Waals surface area contributed by atoms with Crippen LogP contribution < -0.4 is 0 Å². The molecule has 1 N–H and O–H groups in total. The van der Waals surface area contributed by atoms with Gasteiger partial charge in [0.2, 0.25) is 15.9 Å². The normalized spacial score (nSPS) is 35.5. The summed E-state index contributed by atoms with van der Waals surface area (Å²) in [6.45, 7) is 3.44. The average Bonchev–Trinajstić information content (AvgIpc) is 2.61. The Labute approximate surface area is 138 Å². The molecule has 4 aliphatic rings. The molecule has 1 saturated carbocycles. The first-order valence-corrected chi connectivity index (χ1v) is 10.5. The number of carbonyl (C=O) groups is 1. The van der Waals surface area contributed by atoms with Gasteiger partial charge in [-0.2, -0.15) is 0 Å². The Bertz CT molecular complexity index is 550. The van der Waals surface area contributed by atoms with Crippen LogP contribution in [0.4, 0.5) is 0 Å². The first-order valence-electron chi connectivity index (χ1n) is 8.85. The summed E-state index contributed by atoms with van der Waals surface area (Å²) in [5, 5.41) is 9.58. The van der Waals surface area contributed by atoms with Gasteiger partial charge in [0.1, 0.15) is 0 Å². The third kappa shape index (κ3) is 3.28. The van der Waals surface area contributed by atoms with E-state index in [4.69, 9.17) is 0 Å². The summed E-state index contributed by atoms with van der Waals surface area (Å²) < 4.78 is 25.7. The molecular formula is C16H28N2O4S. The Morgan fingerprint density at radius 3 is 2.65 bits per heavy atom. The fourth-order valence-electron chi connectivity index (χ4n) is 4.60. The predicted octanol–water partition coefficient (Wildman–Crippen LogP) is 0.668. The van der Waals surface area contributed by atoms with Gasteiger partial charge in [0.15, 0.2) is 0 Å². The van der Waals surface area contributed by atoms with Crippen molar-refractivity contribution in [1.29, 1.82) is 0 Å². The number of hydrogen-bond donors (Lipinski definition) is 1. The molecule has 0 radical (unpaired) electrons. The minimum absolute atomic E-state index is 0.0922. The number of fused-ring (bicyclic) bond motifs is 3. The molecule has 6 nitrogen and oxygen atoms in total. The van der Waals surface area contributed by atoms with Gasteiger partial charge in [-0.05, 0) is 44.9 Å². The highest BCUT2D eigenvalue weighted by Crippen LogP contribution is 2.40. The van der Waals surface area contributed by atoms with Gasteiger partial charge in [0.05, 0.1) is 11.7 Å². The summed E-state index contributed by atoms with van der Waals surface area (Å²) in [6.07, 6.45) is 4.66. The van der Waals surface area contributed by atoms with E-state index in [1.54, 1.807) is 6.92 Å². The van der Waals surface area contributed by atoms with Gasteiger partial charge in [-0.25, -0.2) is 12.7 Å². The van der Waals surface area contributed by atoms with Crippen LogP contribution in [0.3, 0.4) is 0 Å². The van der Waals surface area contributed by atoms with Crippen LogP contribution in [0.25, 0.3) is 0 Å². The highest BCUT2D eigenvalue weighted by Gasteiger charge is 2.44. The highest BCUT2D eigenvalue weighted by atomic mass is 32.2. The number of carbonyl (C=O) groups excluding carboxylic acids is 1. The minimum Gasteiger partial charge on any atom is -0.396 e. The number of aliphatic hydroxyl groups excluding tert-OH is 1. The zero-order chi connectivity index (χ0) is 16.6. The van der Waals surface area contributed by atoms with Crippen LogP contribution in [0.1, 0.15) is 39.0 Å². The predicted molar refractivity (Wildman–Crippen MR) is 87.2 cm³/mol. The van der Waals surface area contributed by atoms with Gasteiger partial charge in [-0.1, -0.05) is 0 Å². The molecule has 0 spiro atoms. The maximum Gasteiger partial charge on any atom is 0.227 e. The molecule has 0 aromatic rings. The number of nitrogens with zero attached hydrogens (tertiary/aromatic N) is 2. The summed E-state index contributed by atoms with van der Waals surface area (Å²) in [5.41, 5.74) is 0. The molecule has 4 fully saturated rings. The molecule has 0 aromatic heterocycles. The van der Waals surface area contributed by atoms with Crippen molar-refractivity contribution in [3.63, 3.8) is 0 Å². The third-order valence-electron chi connectivity index (χ3n) is 5.92. The van der Waals surface area contributed by atoms with Crippen molar-refractivity contribution in [2.45, 2.75) is 45.1 Å². The Morgan fingerprint density at radius 1 is 1.22 bits per heavy atom. The van der Waals surface area contributed by atoms with E-state index in [0.29, 0.717) is 19.0 Å². The third-order valence-corrected chi connectivity index (χ3v) is 7.76. The lowest BCUT2D eigenvalue weighted by Crippen LogP contribution is -2.58. The van der Waals surface area contributed by atoms with Crippen molar-refractivity contribution < 1.29 is 18.3 Å². The number of sulfonamides is 1. The molecule has 1 aliphatic carbocycles. The molecular weight excluding hydrogens is 316 g/mol. The van der Waals surface area contributed by atoms with E-state index in [9.17, 15) is 18.3 Å². The second-order valence-electron chi connectivity index (χ2n) is 7.28. The lowest BCUT2D eigenvalue weighted by molar-refractivity contribution is -0.148. The van der Waals surface area contributed by atoms with Gasteiger partial charge >= 0.3 is 0 Å². The van der Waals surface area contributed by atoms with Crippen molar-refractivity contribution in [2.75, 3.05) is 32.0 Å². The fraction of sp³-hybridized carbons (Fsp3) is 0.938. The molecule has 1 amide bonds. The quantitative estimate of drug-likeness (QED) is 0.813. The van der Waals surface area contributed by atoms with Crippen molar-refractivity contribution in [3.05, 3.63) is 0 Å². The number of aliphatic hydroxyl groups is 1. The van der Waals surface area contributed by atoms with Gasteiger partial charge in [0, 0.05) is 38.2 Å². The first-order chi connectivity index (χ1) is 11.0. The zero-order valence-electron chi connectivity index (χ0n) is 13.9. The van der Waals surface area contributed by atoms with Crippen LogP contribution in [0, 0.1) is 17.8 Å². The van der Waals surface area contributed by atoms with E-state index in [0.717, 1.165) is 38.6 Å². The van der Waals surface area contributed by atoms with Crippen molar-refractivity contribution in [1.82, 2.24) is 9.21 Å². The van der Waals surface area contributed by atoms with Gasteiger partial charge < -0.3 is 10.0 Å². The monoisotopic (exact) mass is 344 g/mol. The molecule has 132 valence electrons. The number of hydrogen-bond acceptors (Lipinski definition) is 4. The van der Waals surface area contributed by atoms with Crippen LogP contribution in [-0.4, -0.2) is 66.7 Å². The second kappa shape index (κ2) is 6.69. The second-order valence-corrected chi connectivity index (χ2v) is 9.53. The standard InChI is InChI=1S/C16H28N2O4S/c1-2-23(21,22)17-7-3-4-13(10-17)16(20)18-9-12-5-6-15(18)14(8-12)11-19/h12-15,19H,2-11H2,1H3. The number of piperidine rings is 3. The maximum absolute atomic E-state index is 13.0. The van der Waals surface area contributed by atoms with Crippen LogP contribution >= 0.6 is 0 Å². The molecule has 4 rings (SSSR count). The van der Waals surface area contributed by atoms with E-state index in [2.05, 4.69) is 0 Å². The van der Waals surface area contributed by atoms with Crippen LogP contribution in [0.15, 0.2) is 0 Å². The van der Waals surface area contributed by atoms with E-state index in [1.807, 2.05) is 4.90 Å². The van der Waals surface area contributed by atoms with E-state index < -0.39 is 10.0 Å². The molecule has 23 heavy (non-hydrogen) atoms. The lowest BCUT2D eigenvalue weighted by Gasteiger charge is -2.50. The molecule has 7 heteroatoms. The summed E-state index contributed by atoms with van der Waals surface area (Å²) in [5.74, 6) is 0.679. The van der Waals surface area contributed by atoms with Gasteiger partial charge in [-0.3, -0.25) is 4.79 Å². The number of rotatable bonds is 4. The van der Waals surface area contributed by atoms with Gasteiger partial charge in [0.25, 0.3) is 0 Å². The summed E-state index contributed by atoms with van der Waals surface area (Å²) in [6, 6.07) is 0.149. The highest BCUT2D eigenvalue weighted by molar-refractivity contribution is 7.89. The topological polar surface area (TPSA) is 77.9 Å². The Morgan fingerprint density at radius 2 is 2.00 bits per heavy atom. The van der Waals surface area contributed by atoms with E-state index >= 15 is 0 Å². The lowest BCUT2D eigenvalue weighted by atomic mass is 9.72. The Kier molecular flexibility index (Phi) is 4.99. The molecule has 4 unspecified atom stereocenters. The number of amides is 1. The first kappa shape index (κ1) is 17.2. The van der Waals surface area contributed by atoms with Gasteiger partial charge in [-0.15, -0.1) is 0 Å². The van der Waals surface area contributed by atoms with Crippen molar-refractivity contribution >= 4 is 15.9 Å². The van der Waals surface area contributed by atoms with E-state index in [-0.39, 0.29) is 36.1 Å².